The van der Waals surface area contributed by atoms with Gasteiger partial charge in [0, 0.05) is 19.3 Å². The van der Waals surface area contributed by atoms with Crippen LogP contribution < -0.4 is 0 Å². The largest absolute Gasteiger partial charge is 0.299 e. The standard InChI is InChI=1S/C9H10O2/c10-8-2-1-6-3-9(11)5-7(6)4-8/h4,6H,1-3,5H2. The highest BCUT2D eigenvalue weighted by atomic mass is 16.1. The summed E-state index contributed by atoms with van der Waals surface area (Å²) in [4.78, 5) is 21.9. The Morgan fingerprint density at radius 1 is 1.36 bits per heavy atom. The zero-order valence-electron chi connectivity index (χ0n) is 6.30. The van der Waals surface area contributed by atoms with E-state index in [9.17, 15) is 9.59 Å². The SMILES string of the molecule is O=C1C=C2CC(=O)CC2CC1. The van der Waals surface area contributed by atoms with Crippen molar-refractivity contribution in [2.24, 2.45) is 5.92 Å². The summed E-state index contributed by atoms with van der Waals surface area (Å²) in [5.74, 6) is 0.919. The summed E-state index contributed by atoms with van der Waals surface area (Å²) in [7, 11) is 0. The van der Waals surface area contributed by atoms with Gasteiger partial charge in [0.05, 0.1) is 0 Å². The van der Waals surface area contributed by atoms with Gasteiger partial charge in [-0.2, -0.15) is 0 Å². The van der Waals surface area contributed by atoms with Crippen molar-refractivity contribution < 1.29 is 9.59 Å². The van der Waals surface area contributed by atoms with Crippen LogP contribution in [-0.4, -0.2) is 11.6 Å². The average Bonchev–Trinajstić information content (AvgIpc) is 2.27. The minimum absolute atomic E-state index is 0.200. The molecular formula is C9H10O2. The summed E-state index contributed by atoms with van der Waals surface area (Å²) in [6.45, 7) is 0. The molecule has 0 spiro atoms. The smallest absolute Gasteiger partial charge is 0.155 e. The molecule has 0 N–H and O–H groups in total. The van der Waals surface area contributed by atoms with Crippen LogP contribution in [-0.2, 0) is 9.59 Å². The van der Waals surface area contributed by atoms with Gasteiger partial charge >= 0.3 is 0 Å². The second kappa shape index (κ2) is 2.29. The lowest BCUT2D eigenvalue weighted by molar-refractivity contribution is -0.118. The summed E-state index contributed by atoms with van der Waals surface area (Å²) in [5, 5.41) is 0. The Bertz CT molecular complexity index is 250. The molecule has 11 heavy (non-hydrogen) atoms. The first-order valence-electron chi connectivity index (χ1n) is 4.00. The van der Waals surface area contributed by atoms with Gasteiger partial charge in [0.15, 0.2) is 5.78 Å². The van der Waals surface area contributed by atoms with Gasteiger partial charge in [-0.15, -0.1) is 0 Å². The average molecular weight is 150 g/mol. The first kappa shape index (κ1) is 6.77. The third kappa shape index (κ3) is 1.13. The van der Waals surface area contributed by atoms with Crippen molar-refractivity contribution in [2.75, 3.05) is 0 Å². The summed E-state index contributed by atoms with van der Waals surface area (Å²) in [6, 6.07) is 0. The fraction of sp³-hybridized carbons (Fsp3) is 0.556. The zero-order valence-corrected chi connectivity index (χ0v) is 6.30. The number of fused-ring (bicyclic) bond motifs is 1. The Morgan fingerprint density at radius 2 is 2.18 bits per heavy atom. The fourth-order valence-electron chi connectivity index (χ4n) is 1.90. The van der Waals surface area contributed by atoms with Crippen LogP contribution in [0.15, 0.2) is 11.6 Å². The molecule has 2 aliphatic rings. The number of hydrogen-bond donors (Lipinski definition) is 0. The molecule has 2 nitrogen and oxygen atoms in total. The summed E-state index contributed by atoms with van der Waals surface area (Å²) in [5.41, 5.74) is 1.09. The van der Waals surface area contributed by atoms with Crippen LogP contribution in [0, 0.1) is 5.92 Å². The Labute approximate surface area is 65.3 Å². The van der Waals surface area contributed by atoms with Gasteiger partial charge in [0.1, 0.15) is 5.78 Å². The Kier molecular flexibility index (Phi) is 1.41. The number of carbonyl (C=O) groups is 2. The van der Waals surface area contributed by atoms with Gasteiger partial charge in [-0.25, -0.2) is 0 Å². The Hall–Kier alpha value is -0.920. The minimum Gasteiger partial charge on any atom is -0.299 e. The molecule has 0 amide bonds. The van der Waals surface area contributed by atoms with Gasteiger partial charge in [0.2, 0.25) is 0 Å². The van der Waals surface area contributed by atoms with E-state index >= 15 is 0 Å². The maximum Gasteiger partial charge on any atom is 0.155 e. The first-order valence-corrected chi connectivity index (χ1v) is 4.00. The highest BCUT2D eigenvalue weighted by Gasteiger charge is 2.30. The molecule has 2 heteroatoms. The highest BCUT2D eigenvalue weighted by Crippen LogP contribution is 2.34. The molecule has 0 aromatic carbocycles. The molecule has 1 unspecified atom stereocenters. The lowest BCUT2D eigenvalue weighted by atomic mass is 9.90. The van der Waals surface area contributed by atoms with E-state index in [0.717, 1.165) is 12.0 Å². The normalized spacial score (nSPS) is 30.2. The van der Waals surface area contributed by atoms with Crippen LogP contribution in [0.1, 0.15) is 25.7 Å². The molecule has 1 atom stereocenters. The number of hydrogen-bond acceptors (Lipinski definition) is 2. The van der Waals surface area contributed by atoms with E-state index in [1.165, 1.54) is 0 Å². The van der Waals surface area contributed by atoms with Crippen molar-refractivity contribution in [3.8, 4) is 0 Å². The number of carbonyl (C=O) groups excluding carboxylic acids is 2. The van der Waals surface area contributed by atoms with Crippen molar-refractivity contribution in [1.29, 1.82) is 0 Å². The monoisotopic (exact) mass is 150 g/mol. The number of rotatable bonds is 0. The van der Waals surface area contributed by atoms with E-state index in [4.69, 9.17) is 0 Å². The third-order valence-corrected chi connectivity index (χ3v) is 2.49. The zero-order chi connectivity index (χ0) is 7.84. The fourth-order valence-corrected chi connectivity index (χ4v) is 1.90. The molecule has 0 heterocycles. The van der Waals surface area contributed by atoms with Crippen LogP contribution in [0.2, 0.25) is 0 Å². The van der Waals surface area contributed by atoms with E-state index < -0.39 is 0 Å². The van der Waals surface area contributed by atoms with Gasteiger partial charge in [-0.3, -0.25) is 9.59 Å². The molecule has 0 bridgehead atoms. The van der Waals surface area contributed by atoms with Crippen molar-refractivity contribution in [1.82, 2.24) is 0 Å². The number of allylic oxidation sites excluding steroid dienone is 2. The van der Waals surface area contributed by atoms with Crippen molar-refractivity contribution in [3.05, 3.63) is 11.6 Å². The maximum atomic E-state index is 11.0. The van der Waals surface area contributed by atoms with E-state index in [-0.39, 0.29) is 5.78 Å². The molecule has 2 aliphatic carbocycles. The first-order chi connectivity index (χ1) is 5.25. The van der Waals surface area contributed by atoms with E-state index in [1.807, 2.05) is 0 Å². The molecule has 0 radical (unpaired) electrons. The van der Waals surface area contributed by atoms with Crippen molar-refractivity contribution >= 4 is 11.6 Å². The maximum absolute atomic E-state index is 11.0. The van der Waals surface area contributed by atoms with Crippen LogP contribution in [0.25, 0.3) is 0 Å². The van der Waals surface area contributed by atoms with Gasteiger partial charge in [0.25, 0.3) is 0 Å². The topological polar surface area (TPSA) is 34.1 Å². The van der Waals surface area contributed by atoms with E-state index in [2.05, 4.69) is 0 Å². The predicted octanol–water partition coefficient (Wildman–Crippen LogP) is 1.25. The third-order valence-electron chi connectivity index (χ3n) is 2.49. The second-order valence-electron chi connectivity index (χ2n) is 3.34. The summed E-state index contributed by atoms with van der Waals surface area (Å²) < 4.78 is 0. The molecule has 2 rings (SSSR count). The summed E-state index contributed by atoms with van der Waals surface area (Å²) >= 11 is 0. The quantitative estimate of drug-likeness (QED) is 0.521. The number of Topliss-reactive ketones (excluding diaryl/α,β-unsaturated/α-hetero) is 1. The Balaban J connectivity index is 2.27. The molecule has 1 saturated carbocycles. The van der Waals surface area contributed by atoms with E-state index in [0.29, 0.717) is 31.0 Å². The van der Waals surface area contributed by atoms with Crippen molar-refractivity contribution in [3.63, 3.8) is 0 Å². The molecule has 58 valence electrons. The molecule has 0 aromatic rings. The van der Waals surface area contributed by atoms with Crippen LogP contribution in [0.4, 0.5) is 0 Å². The lowest BCUT2D eigenvalue weighted by Gasteiger charge is -2.14. The second-order valence-corrected chi connectivity index (χ2v) is 3.34. The van der Waals surface area contributed by atoms with Gasteiger partial charge < -0.3 is 0 Å². The van der Waals surface area contributed by atoms with Crippen LogP contribution >= 0.6 is 0 Å². The van der Waals surface area contributed by atoms with Crippen LogP contribution in [0.3, 0.4) is 0 Å². The Morgan fingerprint density at radius 3 is 3.00 bits per heavy atom. The van der Waals surface area contributed by atoms with E-state index in [1.54, 1.807) is 6.08 Å². The lowest BCUT2D eigenvalue weighted by Crippen LogP contribution is -2.09. The minimum atomic E-state index is 0.200. The van der Waals surface area contributed by atoms with Gasteiger partial charge in [-0.1, -0.05) is 5.57 Å². The molecular weight excluding hydrogens is 140 g/mol. The predicted molar refractivity (Wildman–Crippen MR) is 40.1 cm³/mol. The summed E-state index contributed by atoms with van der Waals surface area (Å²) in [6.07, 6.45) is 4.44. The highest BCUT2D eigenvalue weighted by molar-refractivity contribution is 5.95. The molecule has 1 fully saturated rings. The van der Waals surface area contributed by atoms with Crippen molar-refractivity contribution in [2.45, 2.75) is 25.7 Å². The van der Waals surface area contributed by atoms with Crippen LogP contribution in [0.5, 0.6) is 0 Å². The molecule has 0 saturated heterocycles. The number of ketones is 2. The van der Waals surface area contributed by atoms with Gasteiger partial charge in [-0.05, 0) is 18.4 Å². The molecule has 0 aromatic heterocycles. The molecule has 0 aliphatic heterocycles.